The molecule has 2 aliphatic heterocycles. The molecule has 6 nitrogen and oxygen atoms in total. The van der Waals surface area contributed by atoms with Gasteiger partial charge in [0.05, 0.1) is 19.6 Å². The number of carbonyl (C=O) groups is 1. The summed E-state index contributed by atoms with van der Waals surface area (Å²) in [5.41, 5.74) is 0.975. The zero-order chi connectivity index (χ0) is 20.7. The Morgan fingerprint density at radius 3 is 2.52 bits per heavy atom. The Morgan fingerprint density at radius 2 is 1.93 bits per heavy atom. The van der Waals surface area contributed by atoms with Gasteiger partial charge in [-0.05, 0) is 50.3 Å². The monoisotopic (exact) mass is 405 g/mol. The molecule has 0 radical (unpaired) electrons. The molecule has 2 heterocycles. The number of nitrogens with one attached hydrogen (secondary N) is 1. The van der Waals surface area contributed by atoms with Gasteiger partial charge in [-0.2, -0.15) is 0 Å². The number of carbonyl (C=O) groups excluding carboxylic acids is 1. The number of nitrogens with zero attached hydrogens (tertiary/aromatic N) is 2. The first-order valence-electron chi connectivity index (χ1n) is 10.5. The summed E-state index contributed by atoms with van der Waals surface area (Å²) in [6, 6.07) is 6.81. The summed E-state index contributed by atoms with van der Waals surface area (Å²) in [5.74, 6) is 0.509. The fourth-order valence-corrected chi connectivity index (χ4v) is 4.25. The van der Waals surface area contributed by atoms with Crippen molar-refractivity contribution in [2.24, 2.45) is 10.9 Å². The van der Waals surface area contributed by atoms with Gasteiger partial charge in [0.25, 0.3) is 0 Å². The third-order valence-corrected chi connectivity index (χ3v) is 6.10. The smallest absolute Gasteiger partial charge is 0.308 e. The molecule has 3 rings (SSSR count). The standard InChI is InChI=1S/C22H32FN3O3/c1-3-24-21(26-12-8-17(9-13-26)20(27)28-2)25-16-22(10-14-29-15-11-22)18-4-6-19(23)7-5-18/h4-7,17H,3,8-16H2,1-2H3,(H,24,25). The van der Waals surface area contributed by atoms with E-state index in [9.17, 15) is 9.18 Å². The maximum absolute atomic E-state index is 13.4. The zero-order valence-electron chi connectivity index (χ0n) is 17.5. The van der Waals surface area contributed by atoms with E-state index in [1.54, 1.807) is 0 Å². The number of likely N-dealkylation sites (tertiary alicyclic amines) is 1. The number of hydrogen-bond acceptors (Lipinski definition) is 4. The lowest BCUT2D eigenvalue weighted by Gasteiger charge is -2.38. The van der Waals surface area contributed by atoms with E-state index in [0.29, 0.717) is 19.8 Å². The van der Waals surface area contributed by atoms with Crippen LogP contribution in [0.2, 0.25) is 0 Å². The van der Waals surface area contributed by atoms with E-state index in [4.69, 9.17) is 14.5 Å². The Hall–Kier alpha value is -2.15. The number of piperidine rings is 1. The second kappa shape index (κ2) is 10.1. The molecule has 0 unspecified atom stereocenters. The Kier molecular flexibility index (Phi) is 7.47. The van der Waals surface area contributed by atoms with Crippen molar-refractivity contribution in [3.8, 4) is 0 Å². The SMILES string of the molecule is CCNC(=NCC1(c2ccc(F)cc2)CCOCC1)N1CCC(C(=O)OC)CC1. The lowest BCUT2D eigenvalue weighted by Crippen LogP contribution is -2.47. The topological polar surface area (TPSA) is 63.2 Å². The van der Waals surface area contributed by atoms with E-state index < -0.39 is 0 Å². The first-order chi connectivity index (χ1) is 14.1. The molecule has 2 fully saturated rings. The number of methoxy groups -OCH3 is 1. The van der Waals surface area contributed by atoms with Crippen molar-refractivity contribution in [3.63, 3.8) is 0 Å². The minimum absolute atomic E-state index is 0.0276. The highest BCUT2D eigenvalue weighted by molar-refractivity contribution is 5.80. The van der Waals surface area contributed by atoms with Crippen LogP contribution in [0.3, 0.4) is 0 Å². The molecule has 0 aliphatic carbocycles. The summed E-state index contributed by atoms with van der Waals surface area (Å²) in [5, 5.41) is 3.40. The fraction of sp³-hybridized carbons (Fsp3) is 0.636. The van der Waals surface area contributed by atoms with E-state index in [0.717, 1.165) is 56.8 Å². The van der Waals surface area contributed by atoms with E-state index in [-0.39, 0.29) is 23.1 Å². The van der Waals surface area contributed by atoms with Crippen LogP contribution in [0, 0.1) is 11.7 Å². The number of aliphatic imine (C=N–C) groups is 1. The minimum Gasteiger partial charge on any atom is -0.469 e. The average molecular weight is 406 g/mol. The molecule has 2 aliphatic rings. The molecular formula is C22H32FN3O3. The molecule has 0 amide bonds. The molecule has 2 saturated heterocycles. The lowest BCUT2D eigenvalue weighted by atomic mass is 9.74. The lowest BCUT2D eigenvalue weighted by molar-refractivity contribution is -0.146. The third-order valence-electron chi connectivity index (χ3n) is 6.10. The van der Waals surface area contributed by atoms with Crippen molar-refractivity contribution in [2.75, 3.05) is 46.5 Å². The van der Waals surface area contributed by atoms with Crippen LogP contribution in [0.4, 0.5) is 4.39 Å². The zero-order valence-corrected chi connectivity index (χ0v) is 17.5. The number of halogens is 1. The third kappa shape index (κ3) is 5.26. The average Bonchev–Trinajstić information content (AvgIpc) is 2.77. The molecule has 1 aromatic rings. The van der Waals surface area contributed by atoms with Crippen LogP contribution in [0.1, 0.15) is 38.2 Å². The van der Waals surface area contributed by atoms with Gasteiger partial charge < -0.3 is 19.7 Å². The molecule has 7 heteroatoms. The first-order valence-corrected chi connectivity index (χ1v) is 10.5. The molecule has 0 saturated carbocycles. The molecule has 0 aromatic heterocycles. The van der Waals surface area contributed by atoms with Gasteiger partial charge in [0.15, 0.2) is 5.96 Å². The number of ether oxygens (including phenoxy) is 2. The Labute approximate surface area is 172 Å². The largest absolute Gasteiger partial charge is 0.469 e. The van der Waals surface area contributed by atoms with Crippen molar-refractivity contribution in [1.29, 1.82) is 0 Å². The number of guanidine groups is 1. The highest BCUT2D eigenvalue weighted by Gasteiger charge is 2.35. The number of rotatable bonds is 5. The van der Waals surface area contributed by atoms with Crippen LogP contribution in [0.25, 0.3) is 0 Å². The predicted molar refractivity (Wildman–Crippen MR) is 110 cm³/mol. The summed E-state index contributed by atoms with van der Waals surface area (Å²) in [6.45, 7) is 6.39. The molecule has 1 N–H and O–H groups in total. The van der Waals surface area contributed by atoms with Gasteiger partial charge >= 0.3 is 5.97 Å². The van der Waals surface area contributed by atoms with Crippen LogP contribution in [-0.2, 0) is 19.7 Å². The molecule has 0 bridgehead atoms. The van der Waals surface area contributed by atoms with E-state index in [1.165, 1.54) is 19.2 Å². The summed E-state index contributed by atoms with van der Waals surface area (Å²) in [6.07, 6.45) is 3.28. The highest BCUT2D eigenvalue weighted by Crippen LogP contribution is 2.35. The number of esters is 1. The summed E-state index contributed by atoms with van der Waals surface area (Å²) in [7, 11) is 1.45. The van der Waals surface area contributed by atoms with Crippen molar-refractivity contribution in [3.05, 3.63) is 35.6 Å². The van der Waals surface area contributed by atoms with Gasteiger partial charge in [-0.15, -0.1) is 0 Å². The van der Waals surface area contributed by atoms with E-state index >= 15 is 0 Å². The molecule has 0 spiro atoms. The Bertz CT molecular complexity index is 694. The molecule has 0 atom stereocenters. The number of hydrogen-bond donors (Lipinski definition) is 1. The molecule has 29 heavy (non-hydrogen) atoms. The van der Waals surface area contributed by atoms with Gasteiger partial charge in [-0.1, -0.05) is 12.1 Å². The summed E-state index contributed by atoms with van der Waals surface area (Å²) < 4.78 is 23.9. The molecular weight excluding hydrogens is 373 g/mol. The van der Waals surface area contributed by atoms with Gasteiger partial charge in [0, 0.05) is 38.3 Å². The van der Waals surface area contributed by atoms with Crippen LogP contribution < -0.4 is 5.32 Å². The molecule has 1 aromatic carbocycles. The van der Waals surface area contributed by atoms with E-state index in [1.807, 2.05) is 12.1 Å². The number of benzene rings is 1. The van der Waals surface area contributed by atoms with Crippen LogP contribution in [-0.4, -0.2) is 63.3 Å². The van der Waals surface area contributed by atoms with Crippen molar-refractivity contribution in [2.45, 2.75) is 38.0 Å². The van der Waals surface area contributed by atoms with Gasteiger partial charge in [0.1, 0.15) is 5.82 Å². The summed E-state index contributed by atoms with van der Waals surface area (Å²) in [4.78, 5) is 19.0. The highest BCUT2D eigenvalue weighted by atomic mass is 19.1. The van der Waals surface area contributed by atoms with Gasteiger partial charge in [-0.25, -0.2) is 4.39 Å². The van der Waals surface area contributed by atoms with Gasteiger partial charge in [0.2, 0.25) is 0 Å². The van der Waals surface area contributed by atoms with Crippen molar-refractivity contribution < 1.29 is 18.7 Å². The maximum atomic E-state index is 13.4. The second-order valence-electron chi connectivity index (χ2n) is 7.85. The van der Waals surface area contributed by atoms with Crippen LogP contribution in [0.15, 0.2) is 29.3 Å². The predicted octanol–water partition coefficient (Wildman–Crippen LogP) is 2.72. The normalized spacial score (nSPS) is 20.4. The van der Waals surface area contributed by atoms with Crippen LogP contribution in [0.5, 0.6) is 0 Å². The Morgan fingerprint density at radius 1 is 1.28 bits per heavy atom. The van der Waals surface area contributed by atoms with Gasteiger partial charge in [-0.3, -0.25) is 9.79 Å². The second-order valence-corrected chi connectivity index (χ2v) is 7.85. The van der Waals surface area contributed by atoms with Crippen LogP contribution >= 0.6 is 0 Å². The first kappa shape index (κ1) is 21.6. The minimum atomic E-state index is -0.221. The Balaban J connectivity index is 1.75. The maximum Gasteiger partial charge on any atom is 0.308 e. The summed E-state index contributed by atoms with van der Waals surface area (Å²) >= 11 is 0. The quantitative estimate of drug-likeness (QED) is 0.464. The molecule has 160 valence electrons. The fourth-order valence-electron chi connectivity index (χ4n) is 4.25. The van der Waals surface area contributed by atoms with Crippen molar-refractivity contribution in [1.82, 2.24) is 10.2 Å². The van der Waals surface area contributed by atoms with E-state index in [2.05, 4.69) is 17.1 Å². The van der Waals surface area contributed by atoms with Crippen molar-refractivity contribution >= 4 is 11.9 Å².